The fraction of sp³-hybridized carbons (Fsp3) is 0.412. The molecule has 2 aromatic rings. The van der Waals surface area contributed by atoms with Crippen molar-refractivity contribution in [2.24, 2.45) is 0 Å². The zero-order valence-corrected chi connectivity index (χ0v) is 14.3. The summed E-state index contributed by atoms with van der Waals surface area (Å²) in [6.45, 7) is 0.197. The summed E-state index contributed by atoms with van der Waals surface area (Å²) in [4.78, 5) is 16.7. The fourth-order valence-electron chi connectivity index (χ4n) is 2.88. The van der Waals surface area contributed by atoms with E-state index in [-0.39, 0.29) is 18.2 Å². The Labute approximate surface area is 140 Å². The summed E-state index contributed by atoms with van der Waals surface area (Å²) in [7, 11) is -3.19. The highest BCUT2D eigenvalue weighted by Gasteiger charge is 2.17. The van der Waals surface area contributed by atoms with Gasteiger partial charge in [0.2, 0.25) is 5.88 Å². The molecule has 2 heterocycles. The predicted molar refractivity (Wildman–Crippen MR) is 92.9 cm³/mol. The SMILES string of the molecule is CS(=O)(=O)/C=C/Cn1ccc2cc(OC3CCCC3)ncc2c1=O. The minimum absolute atomic E-state index is 0.197. The lowest BCUT2D eigenvalue weighted by atomic mass is 10.2. The van der Waals surface area contributed by atoms with Gasteiger partial charge < -0.3 is 9.30 Å². The van der Waals surface area contributed by atoms with Crippen LogP contribution in [0.5, 0.6) is 5.88 Å². The van der Waals surface area contributed by atoms with Crippen LogP contribution in [-0.4, -0.2) is 30.3 Å². The molecule has 1 aliphatic carbocycles. The number of pyridine rings is 2. The summed E-state index contributed by atoms with van der Waals surface area (Å²) >= 11 is 0. The van der Waals surface area contributed by atoms with Crippen LogP contribution in [0.4, 0.5) is 0 Å². The molecule has 1 fully saturated rings. The predicted octanol–water partition coefficient (Wildman–Crippen LogP) is 2.28. The summed E-state index contributed by atoms with van der Waals surface area (Å²) in [6.07, 6.45) is 10.4. The fourth-order valence-corrected chi connectivity index (χ4v) is 3.31. The number of fused-ring (bicyclic) bond motifs is 1. The molecule has 2 aromatic heterocycles. The van der Waals surface area contributed by atoms with Crippen LogP contribution in [0.3, 0.4) is 0 Å². The maximum Gasteiger partial charge on any atom is 0.260 e. The largest absolute Gasteiger partial charge is 0.474 e. The monoisotopic (exact) mass is 348 g/mol. The molecule has 0 bridgehead atoms. The molecule has 0 amide bonds. The molecule has 3 rings (SSSR count). The Morgan fingerprint density at radius 2 is 2.12 bits per heavy atom. The van der Waals surface area contributed by atoms with Crippen molar-refractivity contribution >= 4 is 20.6 Å². The maximum absolute atomic E-state index is 12.4. The highest BCUT2D eigenvalue weighted by molar-refractivity contribution is 7.93. The topological polar surface area (TPSA) is 78.3 Å². The lowest BCUT2D eigenvalue weighted by Gasteiger charge is -2.12. The molecule has 24 heavy (non-hydrogen) atoms. The molecular weight excluding hydrogens is 328 g/mol. The summed E-state index contributed by atoms with van der Waals surface area (Å²) < 4.78 is 29.5. The van der Waals surface area contributed by atoms with Crippen LogP contribution < -0.4 is 10.3 Å². The van der Waals surface area contributed by atoms with E-state index in [0.717, 1.165) is 29.9 Å². The first-order valence-electron chi connectivity index (χ1n) is 7.95. The lowest BCUT2D eigenvalue weighted by Crippen LogP contribution is -2.19. The molecule has 0 aliphatic heterocycles. The van der Waals surface area contributed by atoms with Crippen molar-refractivity contribution in [3.05, 3.63) is 46.4 Å². The Morgan fingerprint density at radius 1 is 1.38 bits per heavy atom. The van der Waals surface area contributed by atoms with Crippen LogP contribution in [0.2, 0.25) is 0 Å². The molecule has 0 spiro atoms. The number of hydrogen-bond donors (Lipinski definition) is 0. The first-order chi connectivity index (χ1) is 11.4. The summed E-state index contributed by atoms with van der Waals surface area (Å²) in [5.41, 5.74) is -0.203. The first kappa shape index (κ1) is 16.7. The van der Waals surface area contributed by atoms with Gasteiger partial charge in [0, 0.05) is 36.7 Å². The van der Waals surface area contributed by atoms with Crippen molar-refractivity contribution in [3.8, 4) is 5.88 Å². The van der Waals surface area contributed by atoms with Crippen molar-refractivity contribution in [1.29, 1.82) is 0 Å². The number of ether oxygens (including phenoxy) is 1. The second-order valence-electron chi connectivity index (χ2n) is 6.11. The summed E-state index contributed by atoms with van der Waals surface area (Å²) in [5.74, 6) is 0.545. The van der Waals surface area contributed by atoms with E-state index in [9.17, 15) is 13.2 Å². The van der Waals surface area contributed by atoms with Crippen molar-refractivity contribution in [3.63, 3.8) is 0 Å². The third-order valence-electron chi connectivity index (χ3n) is 4.07. The highest BCUT2D eigenvalue weighted by Crippen LogP contribution is 2.24. The van der Waals surface area contributed by atoms with Crippen LogP contribution in [-0.2, 0) is 16.4 Å². The zero-order chi connectivity index (χ0) is 17.2. The van der Waals surface area contributed by atoms with E-state index < -0.39 is 9.84 Å². The van der Waals surface area contributed by atoms with Crippen molar-refractivity contribution in [2.75, 3.05) is 6.26 Å². The van der Waals surface area contributed by atoms with Crippen LogP contribution in [0.25, 0.3) is 10.8 Å². The van der Waals surface area contributed by atoms with E-state index in [1.54, 1.807) is 12.3 Å². The van der Waals surface area contributed by atoms with Gasteiger partial charge in [-0.15, -0.1) is 0 Å². The summed E-state index contributed by atoms with van der Waals surface area (Å²) in [5, 5.41) is 2.36. The van der Waals surface area contributed by atoms with Gasteiger partial charge in [0.15, 0.2) is 9.84 Å². The minimum Gasteiger partial charge on any atom is -0.474 e. The Bertz CT molecular complexity index is 925. The smallest absolute Gasteiger partial charge is 0.260 e. The van der Waals surface area contributed by atoms with E-state index in [0.29, 0.717) is 11.3 Å². The lowest BCUT2D eigenvalue weighted by molar-refractivity contribution is 0.202. The molecule has 0 radical (unpaired) electrons. The molecule has 128 valence electrons. The highest BCUT2D eigenvalue weighted by atomic mass is 32.2. The standard InChI is InChI=1S/C17H20N2O4S/c1-24(21,22)10-4-8-19-9-7-13-11-16(18-12-15(13)17(19)20)23-14-5-2-3-6-14/h4,7,9-12,14H,2-3,5-6,8H2,1H3/b10-4+. The third kappa shape index (κ3) is 4.03. The van der Waals surface area contributed by atoms with Crippen molar-refractivity contribution in [1.82, 2.24) is 9.55 Å². The molecule has 7 heteroatoms. The molecular formula is C17H20N2O4S. The molecule has 0 unspecified atom stereocenters. The Hall–Kier alpha value is -2.15. The number of rotatable bonds is 5. The van der Waals surface area contributed by atoms with E-state index in [1.807, 2.05) is 6.07 Å². The number of aromatic nitrogens is 2. The van der Waals surface area contributed by atoms with E-state index >= 15 is 0 Å². The third-order valence-corrected chi connectivity index (χ3v) is 4.76. The average molecular weight is 348 g/mol. The Kier molecular flexibility index (Phi) is 4.71. The van der Waals surface area contributed by atoms with Crippen LogP contribution in [0, 0.1) is 0 Å². The quantitative estimate of drug-likeness (QED) is 0.828. The maximum atomic E-state index is 12.4. The van der Waals surface area contributed by atoms with Crippen molar-refractivity contribution in [2.45, 2.75) is 38.3 Å². The van der Waals surface area contributed by atoms with Gasteiger partial charge in [-0.2, -0.15) is 0 Å². The number of allylic oxidation sites excluding steroid dienone is 1. The minimum atomic E-state index is -3.19. The van der Waals surface area contributed by atoms with Gasteiger partial charge in [0.25, 0.3) is 5.56 Å². The van der Waals surface area contributed by atoms with Gasteiger partial charge >= 0.3 is 0 Å². The normalized spacial score (nSPS) is 16.2. The van der Waals surface area contributed by atoms with Crippen LogP contribution in [0.1, 0.15) is 25.7 Å². The Morgan fingerprint density at radius 3 is 2.83 bits per heavy atom. The van der Waals surface area contributed by atoms with Crippen LogP contribution >= 0.6 is 0 Å². The van der Waals surface area contributed by atoms with Gasteiger partial charge in [0.1, 0.15) is 6.10 Å². The molecule has 1 aliphatic rings. The average Bonchev–Trinajstić information content (AvgIpc) is 3.01. The van der Waals surface area contributed by atoms with Gasteiger partial charge in [-0.1, -0.05) is 6.08 Å². The van der Waals surface area contributed by atoms with Crippen LogP contribution in [0.15, 0.2) is 40.8 Å². The van der Waals surface area contributed by atoms with Gasteiger partial charge in [0.05, 0.1) is 5.39 Å². The number of sulfone groups is 1. The number of nitrogens with zero attached hydrogens (tertiary/aromatic N) is 2. The van der Waals surface area contributed by atoms with Gasteiger partial charge in [-0.3, -0.25) is 4.79 Å². The molecule has 0 aromatic carbocycles. The summed E-state index contributed by atoms with van der Waals surface area (Å²) in [6, 6.07) is 3.60. The van der Waals surface area contributed by atoms with Gasteiger partial charge in [-0.25, -0.2) is 13.4 Å². The zero-order valence-electron chi connectivity index (χ0n) is 13.5. The van der Waals surface area contributed by atoms with Crippen molar-refractivity contribution < 1.29 is 13.2 Å². The molecule has 6 nitrogen and oxygen atoms in total. The van der Waals surface area contributed by atoms with E-state index in [1.165, 1.54) is 29.7 Å². The number of hydrogen-bond acceptors (Lipinski definition) is 5. The second kappa shape index (κ2) is 6.76. The molecule has 0 saturated heterocycles. The molecule has 1 saturated carbocycles. The first-order valence-corrected chi connectivity index (χ1v) is 9.90. The molecule has 0 atom stereocenters. The van der Waals surface area contributed by atoms with E-state index in [2.05, 4.69) is 4.98 Å². The van der Waals surface area contributed by atoms with Gasteiger partial charge in [-0.05, 0) is 37.1 Å². The second-order valence-corrected chi connectivity index (χ2v) is 8.04. The molecule has 0 N–H and O–H groups in total. The Balaban J connectivity index is 1.84. The van der Waals surface area contributed by atoms with E-state index in [4.69, 9.17) is 4.74 Å².